The molecule has 0 saturated carbocycles. The second-order valence-corrected chi connectivity index (χ2v) is 21.2. The zero-order valence-electron chi connectivity index (χ0n) is 31.7. The monoisotopic (exact) mass is 813 g/mol. The van der Waals surface area contributed by atoms with E-state index in [1.54, 1.807) is 9.47 Å². The van der Waals surface area contributed by atoms with Gasteiger partial charge < -0.3 is 29.1 Å². The largest absolute Gasteiger partial charge is 0.505 e. The number of hydrogen-bond acceptors (Lipinski definition) is 9. The van der Waals surface area contributed by atoms with E-state index in [-0.39, 0.29) is 52.6 Å². The van der Waals surface area contributed by atoms with Gasteiger partial charge >= 0.3 is 6.18 Å². The highest BCUT2D eigenvalue weighted by molar-refractivity contribution is 6.74. The van der Waals surface area contributed by atoms with Crippen LogP contribution in [-0.2, 0) is 38.5 Å². The molecule has 3 aliphatic rings. The molecule has 1 aromatic carbocycles. The molecule has 1 saturated heterocycles. The van der Waals surface area contributed by atoms with Crippen LogP contribution in [0.1, 0.15) is 73.2 Å². The normalized spacial score (nSPS) is 20.3. The van der Waals surface area contributed by atoms with Gasteiger partial charge in [-0.3, -0.25) is 14.4 Å². The zero-order chi connectivity index (χ0) is 40.4. The van der Waals surface area contributed by atoms with Gasteiger partial charge in [0.1, 0.15) is 12.3 Å². The molecule has 1 aliphatic carbocycles. The molecule has 5 heterocycles. The van der Waals surface area contributed by atoms with Gasteiger partial charge in [0.2, 0.25) is 11.7 Å². The molecule has 13 nitrogen and oxygen atoms in total. The molecular formula is C38H43ClF3N7O6Si. The third-order valence-electron chi connectivity index (χ3n) is 11.6. The van der Waals surface area contributed by atoms with Gasteiger partial charge in [-0.1, -0.05) is 38.4 Å². The Labute approximate surface area is 326 Å². The average molecular weight is 814 g/mol. The van der Waals surface area contributed by atoms with E-state index in [9.17, 15) is 32.7 Å². The van der Waals surface area contributed by atoms with Gasteiger partial charge in [0.05, 0.1) is 35.6 Å². The minimum Gasteiger partial charge on any atom is -0.505 e. The first-order valence-electron chi connectivity index (χ1n) is 18.4. The topological polar surface area (TPSA) is 153 Å². The Morgan fingerprint density at radius 1 is 1.16 bits per heavy atom. The Balaban J connectivity index is 1.34. The lowest BCUT2D eigenvalue weighted by Gasteiger charge is -2.50. The minimum absolute atomic E-state index is 0.0109. The van der Waals surface area contributed by atoms with Crippen molar-refractivity contribution in [1.82, 2.24) is 29.0 Å². The smallest absolute Gasteiger partial charge is 0.416 e. The van der Waals surface area contributed by atoms with E-state index in [0.29, 0.717) is 56.0 Å². The van der Waals surface area contributed by atoms with Crippen molar-refractivity contribution < 1.29 is 37.0 Å². The van der Waals surface area contributed by atoms with Crippen molar-refractivity contribution in [2.45, 2.75) is 88.8 Å². The van der Waals surface area contributed by atoms with E-state index >= 15 is 0 Å². The molecule has 18 heteroatoms. The summed E-state index contributed by atoms with van der Waals surface area (Å²) < 4.78 is 55.5. The van der Waals surface area contributed by atoms with Gasteiger partial charge in [-0.15, -0.1) is 5.10 Å². The molecule has 2 amide bonds. The van der Waals surface area contributed by atoms with Crippen LogP contribution in [0.15, 0.2) is 47.4 Å². The Hall–Kier alpha value is -4.58. The Morgan fingerprint density at radius 3 is 2.59 bits per heavy atom. The summed E-state index contributed by atoms with van der Waals surface area (Å²) in [5, 5.41) is 17.3. The molecule has 7 rings (SSSR count). The third kappa shape index (κ3) is 7.14. The van der Waals surface area contributed by atoms with Crippen LogP contribution in [0.3, 0.4) is 0 Å². The number of likely N-dealkylation sites (tertiary alicyclic amines) is 1. The molecule has 2 aliphatic heterocycles. The second kappa shape index (κ2) is 14.4. The molecule has 1 fully saturated rings. The van der Waals surface area contributed by atoms with Crippen molar-refractivity contribution in [3.8, 4) is 5.75 Å². The van der Waals surface area contributed by atoms with Crippen LogP contribution in [0.5, 0.6) is 5.75 Å². The molecular weight excluding hydrogens is 771 g/mol. The Kier molecular flexibility index (Phi) is 10.2. The van der Waals surface area contributed by atoms with E-state index in [2.05, 4.69) is 49.3 Å². The summed E-state index contributed by atoms with van der Waals surface area (Å²) in [6, 6.07) is 5.62. The number of piperidine rings is 1. The van der Waals surface area contributed by atoms with Crippen molar-refractivity contribution in [3.05, 3.63) is 86.3 Å². The lowest BCUT2D eigenvalue weighted by Crippen LogP contribution is -2.60. The molecule has 2 unspecified atom stereocenters. The van der Waals surface area contributed by atoms with E-state index in [1.807, 2.05) is 6.08 Å². The van der Waals surface area contributed by atoms with Gasteiger partial charge in [0, 0.05) is 36.0 Å². The number of nitrogens with zero attached hydrogens (tertiary/aromatic N) is 6. The van der Waals surface area contributed by atoms with Gasteiger partial charge in [-0.25, -0.2) is 4.98 Å². The van der Waals surface area contributed by atoms with Gasteiger partial charge in [-0.2, -0.15) is 22.7 Å². The average Bonchev–Trinajstić information content (AvgIpc) is 3.75. The number of hydrogen-bond donors (Lipinski definition) is 2. The molecule has 4 aromatic rings. The van der Waals surface area contributed by atoms with E-state index in [4.69, 9.17) is 25.7 Å². The van der Waals surface area contributed by atoms with E-state index < -0.39 is 48.9 Å². The zero-order valence-corrected chi connectivity index (χ0v) is 33.4. The van der Waals surface area contributed by atoms with Gasteiger partial charge in [0.25, 0.3) is 11.5 Å². The van der Waals surface area contributed by atoms with Crippen LogP contribution in [0, 0.1) is 0 Å². The van der Waals surface area contributed by atoms with Crippen molar-refractivity contribution in [2.24, 2.45) is 0 Å². The first kappa shape index (κ1) is 39.6. The summed E-state index contributed by atoms with van der Waals surface area (Å²) >= 11 is 6.20. The van der Waals surface area contributed by atoms with Crippen LogP contribution in [0.4, 0.5) is 18.9 Å². The number of halogens is 4. The number of aromatic nitrogens is 5. The SMILES string of the molecule is CC(C)(C)[Si](C)(C)OC1CN(C(=O)c2ncccc2O)CCC12CCc1c2c(=O)n2nc(C3=CCOCC3)nc2n1CC(=O)Nc1ccc(C(F)(F)F)cc1Cl. The van der Waals surface area contributed by atoms with Crippen LogP contribution in [0.2, 0.25) is 23.2 Å². The molecule has 3 aromatic heterocycles. The summed E-state index contributed by atoms with van der Waals surface area (Å²) in [6.07, 6.45) is -0.331. The highest BCUT2D eigenvalue weighted by Gasteiger charge is 2.55. The second-order valence-electron chi connectivity index (χ2n) is 16.1. The standard InChI is InChI=1S/C38H43ClF3N7O6Si/c1-36(2,3)56(4,5)55-28-20-47(34(53)31-27(50)7-6-15-43-31)16-14-37(28)13-10-26-30(37)33(52)49-35(45-32(46-49)22-11-17-54-18-12-22)48(26)21-29(51)44-25-9-8-23(19-24(25)39)38(40,41)42/h6-9,11,15,19,28,50H,10,12-14,16-18,20-21H2,1-5H3,(H,44,51). The third-order valence-corrected chi connectivity index (χ3v) is 16.4. The van der Waals surface area contributed by atoms with Crippen LogP contribution in [0.25, 0.3) is 11.4 Å². The number of ether oxygens (including phenoxy) is 1. The summed E-state index contributed by atoms with van der Waals surface area (Å²) in [4.78, 5) is 53.0. The summed E-state index contributed by atoms with van der Waals surface area (Å²) in [5.41, 5.74) is -0.606. The molecule has 2 N–H and O–H groups in total. The Morgan fingerprint density at radius 2 is 1.93 bits per heavy atom. The lowest BCUT2D eigenvalue weighted by atomic mass is 9.72. The van der Waals surface area contributed by atoms with Crippen molar-refractivity contribution in [3.63, 3.8) is 0 Å². The van der Waals surface area contributed by atoms with Crippen LogP contribution >= 0.6 is 11.6 Å². The molecule has 0 bridgehead atoms. The lowest BCUT2D eigenvalue weighted by molar-refractivity contribution is -0.137. The number of fused-ring (bicyclic) bond motifs is 3. The number of benzene rings is 1. The number of aromatic hydroxyl groups is 1. The summed E-state index contributed by atoms with van der Waals surface area (Å²) in [5.74, 6) is -0.875. The van der Waals surface area contributed by atoms with Crippen molar-refractivity contribution >= 4 is 48.8 Å². The van der Waals surface area contributed by atoms with Gasteiger partial charge in [-0.05, 0) is 79.7 Å². The maximum atomic E-state index is 14.9. The summed E-state index contributed by atoms with van der Waals surface area (Å²) in [6.45, 7) is 11.3. The van der Waals surface area contributed by atoms with E-state index in [0.717, 1.165) is 23.8 Å². The number of carbonyl (C=O) groups is 2. The molecule has 2 atom stereocenters. The highest BCUT2D eigenvalue weighted by Crippen LogP contribution is 2.49. The highest BCUT2D eigenvalue weighted by atomic mass is 35.5. The number of rotatable bonds is 7. The first-order chi connectivity index (χ1) is 26.3. The number of nitrogens with one attached hydrogen (secondary N) is 1. The number of amides is 2. The minimum atomic E-state index is -4.62. The van der Waals surface area contributed by atoms with Crippen LogP contribution < -0.4 is 10.9 Å². The first-order valence-corrected chi connectivity index (χ1v) is 21.7. The van der Waals surface area contributed by atoms with Crippen molar-refractivity contribution in [1.29, 1.82) is 0 Å². The number of alkyl halides is 3. The van der Waals surface area contributed by atoms with E-state index in [1.165, 1.54) is 22.8 Å². The molecule has 1 spiro atoms. The predicted octanol–water partition coefficient (Wildman–Crippen LogP) is 6.23. The molecule has 298 valence electrons. The van der Waals surface area contributed by atoms with Crippen molar-refractivity contribution in [2.75, 3.05) is 31.6 Å². The predicted molar refractivity (Wildman–Crippen MR) is 204 cm³/mol. The number of anilines is 1. The fraction of sp³-hybridized carbons (Fsp3) is 0.474. The maximum absolute atomic E-state index is 14.9. The molecule has 0 radical (unpaired) electrons. The van der Waals surface area contributed by atoms with Gasteiger partial charge in [0.15, 0.2) is 19.8 Å². The fourth-order valence-electron chi connectivity index (χ4n) is 7.60. The fourth-order valence-corrected chi connectivity index (χ4v) is 9.19. The maximum Gasteiger partial charge on any atom is 0.416 e. The number of carbonyl (C=O) groups excluding carboxylic acids is 2. The molecule has 56 heavy (non-hydrogen) atoms. The number of pyridine rings is 1. The Bertz CT molecular complexity index is 2320. The van der Waals surface area contributed by atoms with Crippen LogP contribution in [-0.4, -0.2) is 86.7 Å². The quantitative estimate of drug-likeness (QED) is 0.207. The summed E-state index contributed by atoms with van der Waals surface area (Å²) in [7, 11) is -2.57.